The lowest BCUT2D eigenvalue weighted by Crippen LogP contribution is -2.55. The Morgan fingerprint density at radius 2 is 1.89 bits per heavy atom. The summed E-state index contributed by atoms with van der Waals surface area (Å²) in [5.41, 5.74) is 0.607. The molecule has 1 saturated carbocycles. The number of ketones is 1. The van der Waals surface area contributed by atoms with Gasteiger partial charge in [-0.1, -0.05) is 44.2 Å². The number of hydrogen-bond acceptors (Lipinski definition) is 5. The van der Waals surface area contributed by atoms with Crippen LogP contribution >= 0.6 is 0 Å². The zero-order chi connectivity index (χ0) is 27.1. The molecule has 0 unspecified atom stereocenters. The molecule has 8 nitrogen and oxygen atoms in total. The lowest BCUT2D eigenvalue weighted by molar-refractivity contribution is -0.321. The van der Waals surface area contributed by atoms with E-state index in [0.29, 0.717) is 19.5 Å². The number of benzene rings is 1. The highest BCUT2D eigenvalue weighted by atomic mass is 19.4. The number of likely N-dealkylation sites (tertiary alicyclic amines) is 1. The average Bonchev–Trinajstić information content (AvgIpc) is 3.20. The molecule has 37 heavy (non-hydrogen) atoms. The number of Topliss-reactive ketones (excluding diaryl/α,β-unsaturated/α-hetero) is 1. The van der Waals surface area contributed by atoms with Crippen LogP contribution in [0.3, 0.4) is 0 Å². The smallest absolute Gasteiger partial charge is 0.356 e. The summed E-state index contributed by atoms with van der Waals surface area (Å²) < 4.78 is 41.5. The number of halogens is 3. The van der Waals surface area contributed by atoms with Crippen molar-refractivity contribution < 1.29 is 37.1 Å². The summed E-state index contributed by atoms with van der Waals surface area (Å²) >= 11 is 0. The number of piperidine rings is 1. The number of alkyl halides is 3. The van der Waals surface area contributed by atoms with Crippen LogP contribution in [0, 0.1) is 23.2 Å². The zero-order valence-electron chi connectivity index (χ0n) is 21.0. The molecule has 0 radical (unpaired) electrons. The summed E-state index contributed by atoms with van der Waals surface area (Å²) in [5, 5.41) is 5.22. The molecule has 2 heterocycles. The van der Waals surface area contributed by atoms with Crippen LogP contribution in [0.15, 0.2) is 30.3 Å². The number of ether oxygens (including phenoxy) is 1. The van der Waals surface area contributed by atoms with Crippen molar-refractivity contribution in [3.63, 3.8) is 0 Å². The molecule has 2 aliphatic heterocycles. The molecule has 3 amide bonds. The summed E-state index contributed by atoms with van der Waals surface area (Å²) in [4.78, 5) is 53.4. The normalized spacial score (nSPS) is 27.7. The van der Waals surface area contributed by atoms with Gasteiger partial charge in [-0.05, 0) is 42.6 Å². The third kappa shape index (κ3) is 5.66. The molecule has 2 N–H and O–H groups in total. The van der Waals surface area contributed by atoms with Gasteiger partial charge in [-0.2, -0.15) is 0 Å². The van der Waals surface area contributed by atoms with E-state index in [1.807, 2.05) is 44.2 Å². The Bertz CT molecular complexity index is 1060. The number of carbonyl (C=O) groups excluding carboxylic acids is 4. The largest absolute Gasteiger partial charge is 0.522 e. The number of fused-ring (bicyclic) bond motifs is 1. The Morgan fingerprint density at radius 1 is 1.22 bits per heavy atom. The zero-order valence-corrected chi connectivity index (χ0v) is 21.0. The van der Waals surface area contributed by atoms with Crippen LogP contribution in [0.1, 0.15) is 45.1 Å². The first-order valence-electron chi connectivity index (χ1n) is 12.5. The van der Waals surface area contributed by atoms with Gasteiger partial charge in [0, 0.05) is 19.0 Å². The Labute approximate surface area is 213 Å². The number of hydrogen-bond donors (Lipinski definition) is 2. The molecule has 4 rings (SSSR count). The van der Waals surface area contributed by atoms with Crippen LogP contribution < -0.4 is 10.6 Å². The number of nitrogens with zero attached hydrogens (tertiary/aromatic N) is 1. The molecule has 1 aromatic rings. The maximum atomic E-state index is 13.6. The van der Waals surface area contributed by atoms with Gasteiger partial charge in [0.15, 0.2) is 5.78 Å². The molecule has 3 aliphatic rings. The first-order valence-corrected chi connectivity index (χ1v) is 12.5. The summed E-state index contributed by atoms with van der Waals surface area (Å²) in [7, 11) is 0. The van der Waals surface area contributed by atoms with Crippen LogP contribution in [0.5, 0.6) is 0 Å². The topological polar surface area (TPSA) is 105 Å². The van der Waals surface area contributed by atoms with Gasteiger partial charge in [-0.15, -0.1) is 13.2 Å². The summed E-state index contributed by atoms with van der Waals surface area (Å²) in [5.74, 6) is -3.30. The lowest BCUT2D eigenvalue weighted by atomic mass is 9.94. The van der Waals surface area contributed by atoms with Gasteiger partial charge in [0.2, 0.25) is 17.7 Å². The van der Waals surface area contributed by atoms with Crippen molar-refractivity contribution in [2.75, 3.05) is 19.7 Å². The lowest BCUT2D eigenvalue weighted by Gasteiger charge is -2.33. The molecular weight excluding hydrogens is 491 g/mol. The van der Waals surface area contributed by atoms with Crippen LogP contribution in [0.4, 0.5) is 13.2 Å². The van der Waals surface area contributed by atoms with E-state index in [2.05, 4.69) is 15.4 Å². The van der Waals surface area contributed by atoms with Crippen LogP contribution in [0.2, 0.25) is 0 Å². The molecule has 0 spiro atoms. The summed E-state index contributed by atoms with van der Waals surface area (Å²) in [6, 6.07) is 6.94. The van der Waals surface area contributed by atoms with Gasteiger partial charge in [-0.3, -0.25) is 23.9 Å². The van der Waals surface area contributed by atoms with Crippen molar-refractivity contribution in [3.8, 4) is 0 Å². The fourth-order valence-electron chi connectivity index (χ4n) is 5.88. The van der Waals surface area contributed by atoms with E-state index < -0.39 is 48.6 Å². The van der Waals surface area contributed by atoms with E-state index in [4.69, 9.17) is 0 Å². The SMILES string of the molecule is C[C@H](C(=O)N1C[C@H]2[C@@H]([C@H]1C(=O)N[C@@H](C[C@@H]1CCNC1=O)C(=O)COC(F)(F)F)C2(C)C)c1ccccc1. The van der Waals surface area contributed by atoms with E-state index >= 15 is 0 Å². The maximum absolute atomic E-state index is 13.6. The van der Waals surface area contributed by atoms with E-state index in [9.17, 15) is 32.3 Å². The first kappa shape index (κ1) is 27.1. The molecule has 2 saturated heterocycles. The second-order valence-corrected chi connectivity index (χ2v) is 10.8. The third-order valence-electron chi connectivity index (χ3n) is 8.20. The quantitative estimate of drug-likeness (QED) is 0.517. The van der Waals surface area contributed by atoms with Gasteiger partial charge < -0.3 is 15.5 Å². The van der Waals surface area contributed by atoms with Crippen molar-refractivity contribution in [1.82, 2.24) is 15.5 Å². The molecule has 11 heteroatoms. The van der Waals surface area contributed by atoms with Crippen molar-refractivity contribution >= 4 is 23.5 Å². The molecule has 0 aromatic heterocycles. The van der Waals surface area contributed by atoms with E-state index in [0.717, 1.165) is 5.56 Å². The fourth-order valence-corrected chi connectivity index (χ4v) is 5.88. The summed E-state index contributed by atoms with van der Waals surface area (Å²) in [6.45, 7) is 5.27. The molecular formula is C26H32F3N3O5. The Balaban J connectivity index is 1.53. The summed E-state index contributed by atoms with van der Waals surface area (Å²) in [6.07, 6.45) is -4.75. The molecule has 6 atom stereocenters. The van der Waals surface area contributed by atoms with Crippen LogP contribution in [-0.2, 0) is 23.9 Å². The molecule has 1 aromatic carbocycles. The second kappa shape index (κ2) is 10.1. The van der Waals surface area contributed by atoms with Gasteiger partial charge in [0.25, 0.3) is 0 Å². The van der Waals surface area contributed by atoms with Gasteiger partial charge in [-0.25, -0.2) is 0 Å². The first-order chi connectivity index (χ1) is 17.3. The number of amides is 3. The van der Waals surface area contributed by atoms with Gasteiger partial charge >= 0.3 is 6.36 Å². The predicted octanol–water partition coefficient (Wildman–Crippen LogP) is 2.39. The molecule has 3 fully saturated rings. The number of rotatable bonds is 9. The standard InChI is InChI=1S/C26H32F3N3O5/c1-14(15-7-5-4-6-8-15)24(36)32-12-17-20(25(17,2)3)21(32)23(35)31-18(11-16-9-10-30-22(16)34)19(33)13-37-26(27,28)29/h4-8,14,16-18,20-21H,9-13H2,1-3H3,(H,30,34)(H,31,35)/t14-,16-,17-,18-,20-,21-/m0/s1. The van der Waals surface area contributed by atoms with Gasteiger partial charge in [0.05, 0.1) is 12.0 Å². The van der Waals surface area contributed by atoms with Gasteiger partial charge in [0.1, 0.15) is 12.6 Å². The second-order valence-electron chi connectivity index (χ2n) is 10.8. The average molecular weight is 524 g/mol. The van der Waals surface area contributed by atoms with Crippen molar-refractivity contribution in [2.45, 2.75) is 58.0 Å². The minimum atomic E-state index is -5.01. The molecule has 202 valence electrons. The van der Waals surface area contributed by atoms with E-state index in [1.54, 1.807) is 6.92 Å². The van der Waals surface area contributed by atoms with Crippen LogP contribution in [0.25, 0.3) is 0 Å². The minimum absolute atomic E-state index is 0.0958. The van der Waals surface area contributed by atoms with E-state index in [1.165, 1.54) is 4.90 Å². The van der Waals surface area contributed by atoms with Crippen molar-refractivity contribution in [2.24, 2.45) is 23.2 Å². The highest BCUT2D eigenvalue weighted by molar-refractivity contribution is 5.96. The Kier molecular flexibility index (Phi) is 7.38. The van der Waals surface area contributed by atoms with E-state index in [-0.39, 0.29) is 35.5 Å². The monoisotopic (exact) mass is 523 g/mol. The Morgan fingerprint density at radius 3 is 2.49 bits per heavy atom. The molecule has 0 bridgehead atoms. The number of carbonyl (C=O) groups is 4. The highest BCUT2D eigenvalue weighted by Crippen LogP contribution is 2.65. The van der Waals surface area contributed by atoms with Crippen LogP contribution in [-0.4, -0.2) is 66.5 Å². The molecule has 1 aliphatic carbocycles. The van der Waals surface area contributed by atoms with Crippen molar-refractivity contribution in [1.29, 1.82) is 0 Å². The third-order valence-corrected chi connectivity index (χ3v) is 8.20. The Hall–Kier alpha value is -2.95. The maximum Gasteiger partial charge on any atom is 0.522 e. The predicted molar refractivity (Wildman–Crippen MR) is 126 cm³/mol. The minimum Gasteiger partial charge on any atom is -0.356 e. The van der Waals surface area contributed by atoms with Crippen molar-refractivity contribution in [3.05, 3.63) is 35.9 Å². The fraction of sp³-hybridized carbons (Fsp3) is 0.615. The highest BCUT2D eigenvalue weighted by Gasteiger charge is 2.69. The number of nitrogens with one attached hydrogen (secondary N) is 2.